The van der Waals surface area contributed by atoms with Crippen molar-refractivity contribution in [1.82, 2.24) is 9.88 Å². The highest BCUT2D eigenvalue weighted by molar-refractivity contribution is 5.76. The van der Waals surface area contributed by atoms with Crippen molar-refractivity contribution >= 4 is 11.9 Å². The van der Waals surface area contributed by atoms with Crippen LogP contribution in [0.3, 0.4) is 0 Å². The number of hydrogen-bond acceptors (Lipinski definition) is 5. The molecule has 3 atom stereocenters. The van der Waals surface area contributed by atoms with Crippen molar-refractivity contribution in [3.63, 3.8) is 0 Å². The van der Waals surface area contributed by atoms with Crippen molar-refractivity contribution in [2.45, 2.75) is 45.6 Å². The standard InChI is InChI=1S/C19H28N2O3.C2HF3O2/c1-14(2)9-19(22)21-10-17-16(13-24-18(17)11-21)5-8-23-12-15-3-6-20-7-4-15;3-2(4,5)1(6)7/h3-4,6-7,14,16-18H,5,8-13H2,1-2H3;(H,6,7)/t16-,17-,18-;/m0./s1. The number of amides is 1. The maximum Gasteiger partial charge on any atom is 0.490 e. The van der Waals surface area contributed by atoms with E-state index in [0.717, 1.165) is 38.3 Å². The molecule has 2 aliphatic heterocycles. The Morgan fingerprint density at radius 1 is 1.29 bits per heavy atom. The second-order valence-corrected chi connectivity index (χ2v) is 8.19. The first-order valence-electron chi connectivity index (χ1n) is 10.2. The van der Waals surface area contributed by atoms with Crippen molar-refractivity contribution in [3.05, 3.63) is 30.1 Å². The minimum Gasteiger partial charge on any atom is -0.475 e. The van der Waals surface area contributed by atoms with E-state index in [1.54, 1.807) is 12.4 Å². The van der Waals surface area contributed by atoms with Gasteiger partial charge < -0.3 is 19.5 Å². The summed E-state index contributed by atoms with van der Waals surface area (Å²) in [6, 6.07) is 3.95. The molecule has 1 amide bonds. The monoisotopic (exact) mass is 446 g/mol. The molecule has 0 radical (unpaired) electrons. The van der Waals surface area contributed by atoms with Gasteiger partial charge in [0, 0.05) is 44.4 Å². The van der Waals surface area contributed by atoms with Gasteiger partial charge in [0.2, 0.25) is 5.91 Å². The summed E-state index contributed by atoms with van der Waals surface area (Å²) in [6.45, 7) is 7.97. The number of aromatic nitrogens is 1. The number of alkyl halides is 3. The summed E-state index contributed by atoms with van der Waals surface area (Å²) in [6.07, 6.45) is 0.355. The summed E-state index contributed by atoms with van der Waals surface area (Å²) < 4.78 is 43.5. The number of aliphatic carboxylic acids is 1. The molecule has 0 unspecified atom stereocenters. The predicted octanol–water partition coefficient (Wildman–Crippen LogP) is 3.14. The van der Waals surface area contributed by atoms with Gasteiger partial charge in [-0.15, -0.1) is 0 Å². The maximum absolute atomic E-state index is 12.3. The molecular weight excluding hydrogens is 417 g/mol. The fourth-order valence-corrected chi connectivity index (χ4v) is 3.68. The van der Waals surface area contributed by atoms with Crippen molar-refractivity contribution in [1.29, 1.82) is 0 Å². The van der Waals surface area contributed by atoms with Crippen LogP contribution in [-0.2, 0) is 25.7 Å². The molecule has 10 heteroatoms. The lowest BCUT2D eigenvalue weighted by Gasteiger charge is -2.20. The Morgan fingerprint density at radius 2 is 1.94 bits per heavy atom. The fraction of sp³-hybridized carbons (Fsp3) is 0.667. The molecule has 2 saturated heterocycles. The molecule has 0 aliphatic carbocycles. The highest BCUT2D eigenvalue weighted by Crippen LogP contribution is 2.35. The van der Waals surface area contributed by atoms with Crippen molar-refractivity contribution in [2.75, 3.05) is 26.3 Å². The Labute approximate surface area is 179 Å². The number of fused-ring (bicyclic) bond motifs is 1. The fourth-order valence-electron chi connectivity index (χ4n) is 3.68. The lowest BCUT2D eigenvalue weighted by Crippen LogP contribution is -2.32. The zero-order valence-electron chi connectivity index (χ0n) is 17.7. The van der Waals surface area contributed by atoms with Crippen LogP contribution in [0.25, 0.3) is 0 Å². The van der Waals surface area contributed by atoms with Crippen LogP contribution in [0.2, 0.25) is 0 Å². The molecule has 0 bridgehead atoms. The number of pyridine rings is 1. The van der Waals surface area contributed by atoms with Gasteiger partial charge in [-0.3, -0.25) is 9.78 Å². The summed E-state index contributed by atoms with van der Waals surface area (Å²) in [7, 11) is 0. The third-order valence-electron chi connectivity index (χ3n) is 5.27. The van der Waals surface area contributed by atoms with E-state index in [0.29, 0.717) is 30.8 Å². The van der Waals surface area contributed by atoms with Gasteiger partial charge in [-0.2, -0.15) is 13.2 Å². The van der Waals surface area contributed by atoms with E-state index < -0.39 is 12.1 Å². The molecule has 174 valence electrons. The minimum absolute atomic E-state index is 0.228. The molecule has 1 aromatic heterocycles. The average Bonchev–Trinajstić information content (AvgIpc) is 3.27. The highest BCUT2D eigenvalue weighted by atomic mass is 19.4. The smallest absolute Gasteiger partial charge is 0.475 e. The van der Waals surface area contributed by atoms with Gasteiger partial charge in [0.05, 0.1) is 19.3 Å². The number of carboxylic acids is 1. The topological polar surface area (TPSA) is 89.0 Å². The first-order chi connectivity index (χ1) is 14.6. The molecular formula is C21H29F3N2O5. The van der Waals surface area contributed by atoms with Crippen LogP contribution in [0.5, 0.6) is 0 Å². The lowest BCUT2D eigenvalue weighted by molar-refractivity contribution is -0.192. The second-order valence-electron chi connectivity index (χ2n) is 8.19. The SMILES string of the molecule is CC(C)CC(=O)N1C[C@H]2[C@@H](CCOCc3ccncc3)CO[C@H]2C1.O=C(O)C(F)(F)F. The Hall–Kier alpha value is -2.20. The second kappa shape index (κ2) is 11.4. The zero-order chi connectivity index (χ0) is 23.0. The summed E-state index contributed by atoms with van der Waals surface area (Å²) >= 11 is 0. The van der Waals surface area contributed by atoms with E-state index in [9.17, 15) is 18.0 Å². The molecule has 0 saturated carbocycles. The normalized spacial score (nSPS) is 22.8. The Kier molecular flexibility index (Phi) is 9.24. The highest BCUT2D eigenvalue weighted by Gasteiger charge is 2.44. The van der Waals surface area contributed by atoms with Crippen LogP contribution in [0.1, 0.15) is 32.3 Å². The number of hydrogen-bond donors (Lipinski definition) is 1. The zero-order valence-corrected chi connectivity index (χ0v) is 17.7. The van der Waals surface area contributed by atoms with E-state index in [1.165, 1.54) is 0 Å². The number of halogens is 3. The number of carbonyl (C=O) groups excluding carboxylic acids is 1. The van der Waals surface area contributed by atoms with E-state index in [1.807, 2.05) is 17.0 Å². The van der Waals surface area contributed by atoms with Crippen LogP contribution in [0.4, 0.5) is 13.2 Å². The van der Waals surface area contributed by atoms with E-state index >= 15 is 0 Å². The van der Waals surface area contributed by atoms with Crippen molar-refractivity contribution < 1.29 is 37.3 Å². The van der Waals surface area contributed by atoms with Crippen molar-refractivity contribution in [2.24, 2.45) is 17.8 Å². The van der Waals surface area contributed by atoms with Crippen LogP contribution in [-0.4, -0.2) is 65.5 Å². The molecule has 3 rings (SSSR count). The molecule has 2 fully saturated rings. The van der Waals surface area contributed by atoms with Gasteiger partial charge in [0.15, 0.2) is 0 Å². The molecule has 2 aliphatic rings. The Bertz CT molecular complexity index is 715. The van der Waals surface area contributed by atoms with E-state index in [4.69, 9.17) is 19.4 Å². The molecule has 0 aromatic carbocycles. The van der Waals surface area contributed by atoms with Gasteiger partial charge in [-0.1, -0.05) is 13.8 Å². The molecule has 0 spiro atoms. The van der Waals surface area contributed by atoms with Gasteiger partial charge >= 0.3 is 12.1 Å². The summed E-state index contributed by atoms with van der Waals surface area (Å²) in [5, 5.41) is 7.12. The number of carbonyl (C=O) groups is 2. The maximum atomic E-state index is 12.3. The Morgan fingerprint density at radius 3 is 2.52 bits per heavy atom. The molecule has 7 nitrogen and oxygen atoms in total. The number of ether oxygens (including phenoxy) is 2. The van der Waals surface area contributed by atoms with Gasteiger partial charge in [-0.25, -0.2) is 4.79 Å². The van der Waals surface area contributed by atoms with Crippen LogP contribution >= 0.6 is 0 Å². The molecule has 31 heavy (non-hydrogen) atoms. The van der Waals surface area contributed by atoms with Crippen LogP contribution in [0.15, 0.2) is 24.5 Å². The van der Waals surface area contributed by atoms with Gasteiger partial charge in [0.25, 0.3) is 0 Å². The summed E-state index contributed by atoms with van der Waals surface area (Å²) in [4.78, 5) is 27.2. The van der Waals surface area contributed by atoms with Crippen molar-refractivity contribution in [3.8, 4) is 0 Å². The molecule has 1 N–H and O–H groups in total. The first kappa shape index (κ1) is 25.1. The quantitative estimate of drug-likeness (QED) is 0.648. The third-order valence-corrected chi connectivity index (χ3v) is 5.27. The molecule has 3 heterocycles. The summed E-state index contributed by atoms with van der Waals surface area (Å²) in [5.74, 6) is -1.09. The lowest BCUT2D eigenvalue weighted by atomic mass is 9.91. The van der Waals surface area contributed by atoms with Gasteiger partial charge in [-0.05, 0) is 36.0 Å². The third kappa shape index (κ3) is 8.10. The summed E-state index contributed by atoms with van der Waals surface area (Å²) in [5.41, 5.74) is 1.15. The van der Waals surface area contributed by atoms with Crippen LogP contribution < -0.4 is 0 Å². The van der Waals surface area contributed by atoms with Crippen LogP contribution in [0, 0.1) is 17.8 Å². The van der Waals surface area contributed by atoms with E-state index in [-0.39, 0.29) is 12.0 Å². The number of carboxylic acid groups (broad SMARTS) is 1. The largest absolute Gasteiger partial charge is 0.490 e. The van der Waals surface area contributed by atoms with E-state index in [2.05, 4.69) is 18.8 Å². The first-order valence-corrected chi connectivity index (χ1v) is 10.2. The van der Waals surface area contributed by atoms with Gasteiger partial charge in [0.1, 0.15) is 0 Å². The number of rotatable bonds is 7. The minimum atomic E-state index is -5.08. The molecule has 1 aromatic rings. The number of nitrogens with zero attached hydrogens (tertiary/aromatic N) is 2. The number of likely N-dealkylation sites (tertiary alicyclic amines) is 1. The predicted molar refractivity (Wildman–Crippen MR) is 105 cm³/mol. The Balaban J connectivity index is 0.000000423. The average molecular weight is 446 g/mol.